The van der Waals surface area contributed by atoms with E-state index in [1.807, 2.05) is 0 Å². The summed E-state index contributed by atoms with van der Waals surface area (Å²) in [5, 5.41) is 11.7. The van der Waals surface area contributed by atoms with Gasteiger partial charge in [-0.05, 0) is 43.4 Å². The predicted molar refractivity (Wildman–Crippen MR) is 73.9 cm³/mol. The van der Waals surface area contributed by atoms with Crippen molar-refractivity contribution in [2.24, 2.45) is 5.92 Å². The Morgan fingerprint density at radius 3 is 2.85 bits per heavy atom. The first kappa shape index (κ1) is 14.5. The third kappa shape index (κ3) is 4.06. The van der Waals surface area contributed by atoms with Crippen LogP contribution in [0.25, 0.3) is 0 Å². The Labute approximate surface area is 117 Å². The minimum atomic E-state index is -1.03. The monoisotopic (exact) mass is 277 g/mol. The lowest BCUT2D eigenvalue weighted by atomic mass is 9.99. The number of rotatable bonds is 5. The van der Waals surface area contributed by atoms with Crippen molar-refractivity contribution in [3.63, 3.8) is 0 Å². The summed E-state index contributed by atoms with van der Waals surface area (Å²) in [5.74, 6) is -0.752. The van der Waals surface area contributed by atoms with Crippen molar-refractivity contribution in [1.29, 1.82) is 0 Å². The summed E-state index contributed by atoms with van der Waals surface area (Å²) >= 11 is 0. The number of amides is 1. The molecule has 1 aliphatic heterocycles. The van der Waals surface area contributed by atoms with Crippen LogP contribution in [0.2, 0.25) is 0 Å². The van der Waals surface area contributed by atoms with Gasteiger partial charge >= 0.3 is 5.97 Å². The van der Waals surface area contributed by atoms with E-state index in [1.54, 1.807) is 12.1 Å². The van der Waals surface area contributed by atoms with E-state index < -0.39 is 5.97 Å². The molecule has 108 valence electrons. The fourth-order valence-electron chi connectivity index (χ4n) is 2.32. The van der Waals surface area contributed by atoms with E-state index in [0.29, 0.717) is 18.0 Å². The van der Waals surface area contributed by atoms with Gasteiger partial charge in [0.15, 0.2) is 0 Å². The zero-order chi connectivity index (χ0) is 14.4. The first-order valence-electron chi connectivity index (χ1n) is 6.86. The number of benzene rings is 1. The number of carboxylic acid groups (broad SMARTS) is 1. The van der Waals surface area contributed by atoms with Crippen molar-refractivity contribution in [3.8, 4) is 0 Å². The minimum absolute atomic E-state index is 0.123. The summed E-state index contributed by atoms with van der Waals surface area (Å²) in [5.41, 5.74) is 0.503. The molecule has 2 rings (SSSR count). The average molecular weight is 277 g/mol. The first-order chi connectivity index (χ1) is 9.66. The summed E-state index contributed by atoms with van der Waals surface area (Å²) in [4.78, 5) is 22.8. The number of hydrogen-bond acceptors (Lipinski definition) is 3. The maximum absolute atomic E-state index is 11.9. The fourth-order valence-corrected chi connectivity index (χ4v) is 2.32. The molecule has 1 unspecified atom stereocenters. The Morgan fingerprint density at radius 1 is 1.35 bits per heavy atom. The van der Waals surface area contributed by atoms with E-state index in [1.165, 1.54) is 12.1 Å². The highest BCUT2D eigenvalue weighted by atomic mass is 16.5. The van der Waals surface area contributed by atoms with E-state index in [9.17, 15) is 9.59 Å². The smallest absolute Gasteiger partial charge is 0.335 e. The molecule has 0 aliphatic carbocycles. The van der Waals surface area contributed by atoms with Crippen LogP contribution in [0.3, 0.4) is 0 Å². The van der Waals surface area contributed by atoms with Crippen LogP contribution in [-0.2, 0) is 4.74 Å². The molecule has 0 saturated carbocycles. The van der Waals surface area contributed by atoms with Gasteiger partial charge in [0, 0.05) is 25.3 Å². The predicted octanol–water partition coefficient (Wildman–Crippen LogP) is 1.93. The van der Waals surface area contributed by atoms with Crippen LogP contribution < -0.4 is 5.32 Å². The quantitative estimate of drug-likeness (QED) is 0.862. The van der Waals surface area contributed by atoms with E-state index in [4.69, 9.17) is 9.84 Å². The number of aromatic carboxylic acids is 1. The Bertz CT molecular complexity index is 481. The number of carbonyl (C=O) groups excluding carboxylic acids is 1. The molecule has 1 aromatic rings. The van der Waals surface area contributed by atoms with Crippen molar-refractivity contribution < 1.29 is 19.4 Å². The van der Waals surface area contributed by atoms with Crippen LogP contribution in [0.4, 0.5) is 0 Å². The normalized spacial score (nSPS) is 18.5. The van der Waals surface area contributed by atoms with Crippen LogP contribution in [0.5, 0.6) is 0 Å². The molecule has 0 spiro atoms. The molecule has 2 N–H and O–H groups in total. The zero-order valence-corrected chi connectivity index (χ0v) is 11.3. The Balaban J connectivity index is 1.82. The van der Waals surface area contributed by atoms with Crippen LogP contribution in [-0.4, -0.2) is 36.7 Å². The maximum atomic E-state index is 11.9. The topological polar surface area (TPSA) is 75.6 Å². The van der Waals surface area contributed by atoms with Gasteiger partial charge in [-0.2, -0.15) is 0 Å². The maximum Gasteiger partial charge on any atom is 0.335 e. The second kappa shape index (κ2) is 7.05. The molecule has 1 amide bonds. The largest absolute Gasteiger partial charge is 0.478 e. The number of nitrogens with one attached hydrogen (secondary N) is 1. The van der Waals surface area contributed by atoms with E-state index in [0.717, 1.165) is 32.5 Å². The van der Waals surface area contributed by atoms with Gasteiger partial charge in [0.2, 0.25) is 0 Å². The highest BCUT2D eigenvalue weighted by Gasteiger charge is 2.14. The van der Waals surface area contributed by atoms with Gasteiger partial charge in [0.1, 0.15) is 0 Å². The zero-order valence-electron chi connectivity index (χ0n) is 11.3. The Hall–Kier alpha value is -1.88. The standard InChI is InChI=1S/C15H19NO4/c17-14(12-4-1-5-13(9-12)15(18)19)16-7-6-11-3-2-8-20-10-11/h1,4-5,9,11H,2-3,6-8,10H2,(H,16,17)(H,18,19). The molecule has 1 atom stereocenters. The molecule has 1 saturated heterocycles. The number of carboxylic acids is 1. The van der Waals surface area contributed by atoms with Crippen molar-refractivity contribution in [2.45, 2.75) is 19.3 Å². The molecule has 5 heteroatoms. The highest BCUT2D eigenvalue weighted by Crippen LogP contribution is 2.16. The molecule has 1 aliphatic rings. The Morgan fingerprint density at radius 2 is 2.15 bits per heavy atom. The van der Waals surface area contributed by atoms with Gasteiger partial charge in [0.25, 0.3) is 5.91 Å². The van der Waals surface area contributed by atoms with Gasteiger partial charge in [-0.1, -0.05) is 6.07 Å². The SMILES string of the molecule is O=C(O)c1cccc(C(=O)NCCC2CCCOC2)c1. The molecule has 5 nitrogen and oxygen atoms in total. The second-order valence-corrected chi connectivity index (χ2v) is 5.01. The number of hydrogen-bond donors (Lipinski definition) is 2. The summed E-state index contributed by atoms with van der Waals surface area (Å²) in [6.45, 7) is 2.19. The lowest BCUT2D eigenvalue weighted by Gasteiger charge is -2.21. The molecule has 0 aromatic heterocycles. The fraction of sp³-hybridized carbons (Fsp3) is 0.467. The molecular weight excluding hydrogens is 258 g/mol. The lowest BCUT2D eigenvalue weighted by molar-refractivity contribution is 0.0514. The van der Waals surface area contributed by atoms with Gasteiger partial charge < -0.3 is 15.2 Å². The van der Waals surface area contributed by atoms with Gasteiger partial charge in [-0.3, -0.25) is 4.79 Å². The summed E-state index contributed by atoms with van der Waals surface area (Å²) < 4.78 is 5.39. The van der Waals surface area contributed by atoms with Crippen LogP contribution >= 0.6 is 0 Å². The lowest BCUT2D eigenvalue weighted by Crippen LogP contribution is -2.28. The average Bonchev–Trinajstić information content (AvgIpc) is 2.48. The van der Waals surface area contributed by atoms with E-state index in [-0.39, 0.29) is 11.5 Å². The number of carbonyl (C=O) groups is 2. The molecule has 20 heavy (non-hydrogen) atoms. The van der Waals surface area contributed by atoms with Crippen molar-refractivity contribution in [1.82, 2.24) is 5.32 Å². The Kier molecular flexibility index (Phi) is 5.12. The van der Waals surface area contributed by atoms with Crippen molar-refractivity contribution >= 4 is 11.9 Å². The molecule has 0 bridgehead atoms. The van der Waals surface area contributed by atoms with Crippen molar-refractivity contribution in [2.75, 3.05) is 19.8 Å². The highest BCUT2D eigenvalue weighted by molar-refractivity contribution is 5.97. The van der Waals surface area contributed by atoms with Crippen LogP contribution in [0.15, 0.2) is 24.3 Å². The molecule has 0 radical (unpaired) electrons. The summed E-state index contributed by atoms with van der Waals surface area (Å²) in [6, 6.07) is 6.05. The molecule has 1 heterocycles. The minimum Gasteiger partial charge on any atom is -0.478 e. The van der Waals surface area contributed by atoms with Gasteiger partial charge in [-0.25, -0.2) is 4.79 Å². The third-order valence-corrected chi connectivity index (χ3v) is 3.46. The molecule has 1 aromatic carbocycles. The second-order valence-electron chi connectivity index (χ2n) is 5.01. The van der Waals surface area contributed by atoms with E-state index >= 15 is 0 Å². The van der Waals surface area contributed by atoms with Gasteiger partial charge in [-0.15, -0.1) is 0 Å². The summed E-state index contributed by atoms with van der Waals surface area (Å²) in [7, 11) is 0. The number of ether oxygens (including phenoxy) is 1. The van der Waals surface area contributed by atoms with Crippen LogP contribution in [0.1, 0.15) is 40.0 Å². The van der Waals surface area contributed by atoms with Gasteiger partial charge in [0.05, 0.1) is 5.56 Å². The molecule has 1 fully saturated rings. The van der Waals surface area contributed by atoms with E-state index in [2.05, 4.69) is 5.32 Å². The van der Waals surface area contributed by atoms with Crippen molar-refractivity contribution in [3.05, 3.63) is 35.4 Å². The first-order valence-corrected chi connectivity index (χ1v) is 6.86. The third-order valence-electron chi connectivity index (χ3n) is 3.46. The van der Waals surface area contributed by atoms with Crippen LogP contribution in [0, 0.1) is 5.92 Å². The molecular formula is C15H19NO4. The summed E-state index contributed by atoms with van der Waals surface area (Å²) in [6.07, 6.45) is 3.12.